The molecule has 2 aliphatic rings. The van der Waals surface area contributed by atoms with E-state index in [1.165, 1.54) is 17.9 Å². The molecule has 1 aliphatic heterocycles. The standard InChI is InChI=1S/C33H44F2N4O5/c1-4-6-15-38(16-7-5-2)32(42)27-10-8-9-26(37-27)19-36-31(41)28-17-25(20-39(28)22(3)40)24-13-14-29(44-33(34)35)30(18-24)43-21-23-11-12-23/h8-10,13-14,18,23,25,28,33H,4-7,11-12,15-17,19-21H2,1-3H3,(H,36,41)/t25?,28-/m1/s1. The van der Waals surface area contributed by atoms with Crippen molar-refractivity contribution in [3.63, 3.8) is 0 Å². The number of ether oxygens (including phenoxy) is 2. The van der Waals surface area contributed by atoms with Gasteiger partial charge in [0, 0.05) is 32.5 Å². The van der Waals surface area contributed by atoms with Crippen LogP contribution in [0.1, 0.15) is 93.4 Å². The molecule has 2 fully saturated rings. The number of alkyl halides is 2. The van der Waals surface area contributed by atoms with Crippen LogP contribution in [0.2, 0.25) is 0 Å². The molecule has 0 spiro atoms. The Bertz CT molecular complexity index is 1280. The number of rotatable bonds is 16. The molecule has 1 aromatic heterocycles. The average molecular weight is 615 g/mol. The number of halogens is 2. The number of pyridine rings is 1. The van der Waals surface area contributed by atoms with E-state index in [-0.39, 0.29) is 41.7 Å². The smallest absolute Gasteiger partial charge is 0.387 e. The third-order valence-corrected chi connectivity index (χ3v) is 8.15. The van der Waals surface area contributed by atoms with Crippen LogP contribution in [0.3, 0.4) is 0 Å². The van der Waals surface area contributed by atoms with Crippen molar-refractivity contribution in [3.05, 3.63) is 53.3 Å². The van der Waals surface area contributed by atoms with Gasteiger partial charge in [-0.3, -0.25) is 14.4 Å². The first-order valence-electron chi connectivity index (χ1n) is 15.7. The first-order chi connectivity index (χ1) is 21.2. The van der Waals surface area contributed by atoms with Crippen molar-refractivity contribution in [2.45, 2.75) is 90.8 Å². The second-order valence-electron chi connectivity index (χ2n) is 11.7. The van der Waals surface area contributed by atoms with Crippen molar-refractivity contribution in [2.75, 3.05) is 26.2 Å². The second kappa shape index (κ2) is 15.8. The number of carbonyl (C=O) groups is 3. The molecule has 1 saturated carbocycles. The van der Waals surface area contributed by atoms with Gasteiger partial charge in [0.25, 0.3) is 5.91 Å². The van der Waals surface area contributed by atoms with Gasteiger partial charge in [0.05, 0.1) is 18.8 Å². The molecule has 44 heavy (non-hydrogen) atoms. The summed E-state index contributed by atoms with van der Waals surface area (Å²) in [6.07, 6.45) is 6.27. The maximum atomic E-state index is 13.4. The number of nitrogens with one attached hydrogen (secondary N) is 1. The minimum Gasteiger partial charge on any atom is -0.489 e. The summed E-state index contributed by atoms with van der Waals surface area (Å²) in [5.41, 5.74) is 1.67. The van der Waals surface area contributed by atoms with Crippen LogP contribution in [0.15, 0.2) is 36.4 Å². The van der Waals surface area contributed by atoms with Gasteiger partial charge in [0.1, 0.15) is 11.7 Å². The van der Waals surface area contributed by atoms with Gasteiger partial charge < -0.3 is 24.6 Å². The number of carbonyl (C=O) groups excluding carboxylic acids is 3. The van der Waals surface area contributed by atoms with Gasteiger partial charge in [-0.1, -0.05) is 38.8 Å². The van der Waals surface area contributed by atoms with Crippen molar-refractivity contribution in [2.24, 2.45) is 5.92 Å². The Morgan fingerprint density at radius 3 is 2.43 bits per heavy atom. The van der Waals surface area contributed by atoms with Crippen molar-refractivity contribution < 1.29 is 32.6 Å². The highest BCUT2D eigenvalue weighted by Gasteiger charge is 2.39. The minimum absolute atomic E-state index is 0.0350. The van der Waals surface area contributed by atoms with Crippen molar-refractivity contribution >= 4 is 17.7 Å². The van der Waals surface area contributed by atoms with Crippen LogP contribution in [-0.4, -0.2) is 71.4 Å². The predicted octanol–water partition coefficient (Wildman–Crippen LogP) is 5.54. The Labute approximate surface area is 258 Å². The average Bonchev–Trinajstić information content (AvgIpc) is 3.73. The molecular formula is C33H44F2N4O5. The van der Waals surface area contributed by atoms with Crippen molar-refractivity contribution in [1.82, 2.24) is 20.1 Å². The molecule has 2 aromatic rings. The molecule has 2 atom stereocenters. The number of hydrogen-bond donors (Lipinski definition) is 1. The molecule has 4 rings (SSSR count). The summed E-state index contributed by atoms with van der Waals surface area (Å²) >= 11 is 0. The molecule has 0 radical (unpaired) electrons. The highest BCUT2D eigenvalue weighted by molar-refractivity contribution is 5.92. The molecule has 11 heteroatoms. The van der Waals surface area contributed by atoms with E-state index < -0.39 is 12.7 Å². The van der Waals surface area contributed by atoms with Gasteiger partial charge in [0.2, 0.25) is 11.8 Å². The molecule has 1 N–H and O–H groups in total. The molecule has 2 heterocycles. The Morgan fingerprint density at radius 2 is 1.80 bits per heavy atom. The second-order valence-corrected chi connectivity index (χ2v) is 11.7. The Morgan fingerprint density at radius 1 is 1.07 bits per heavy atom. The van der Waals surface area contributed by atoms with E-state index >= 15 is 0 Å². The number of nitrogens with zero attached hydrogens (tertiary/aromatic N) is 3. The number of aromatic nitrogens is 1. The van der Waals surface area contributed by atoms with E-state index in [0.717, 1.165) is 44.1 Å². The fourth-order valence-electron chi connectivity index (χ4n) is 5.42. The molecule has 240 valence electrons. The first kappa shape index (κ1) is 33.1. The van der Waals surface area contributed by atoms with Crippen LogP contribution in [0.5, 0.6) is 11.5 Å². The van der Waals surface area contributed by atoms with Gasteiger partial charge in [-0.2, -0.15) is 8.78 Å². The third-order valence-electron chi connectivity index (χ3n) is 8.15. The lowest BCUT2D eigenvalue weighted by Gasteiger charge is -2.23. The summed E-state index contributed by atoms with van der Waals surface area (Å²) in [7, 11) is 0. The molecule has 1 unspecified atom stereocenters. The number of amides is 3. The van der Waals surface area contributed by atoms with E-state index in [1.807, 2.05) is 4.90 Å². The van der Waals surface area contributed by atoms with Gasteiger partial charge >= 0.3 is 6.61 Å². The van der Waals surface area contributed by atoms with Crippen LogP contribution in [0.25, 0.3) is 0 Å². The molecule has 9 nitrogen and oxygen atoms in total. The van der Waals surface area contributed by atoms with Crippen LogP contribution in [0.4, 0.5) is 8.78 Å². The number of hydrogen-bond acceptors (Lipinski definition) is 6. The van der Waals surface area contributed by atoms with Crippen molar-refractivity contribution in [1.29, 1.82) is 0 Å². The zero-order chi connectivity index (χ0) is 31.6. The van der Waals surface area contributed by atoms with E-state index in [0.29, 0.717) is 50.0 Å². The van der Waals surface area contributed by atoms with Crippen LogP contribution >= 0.6 is 0 Å². The molecular weight excluding hydrogens is 570 g/mol. The fourth-order valence-corrected chi connectivity index (χ4v) is 5.42. The largest absolute Gasteiger partial charge is 0.489 e. The lowest BCUT2D eigenvalue weighted by molar-refractivity contribution is -0.136. The topological polar surface area (TPSA) is 101 Å². The highest BCUT2D eigenvalue weighted by atomic mass is 19.3. The van der Waals surface area contributed by atoms with E-state index in [9.17, 15) is 23.2 Å². The summed E-state index contributed by atoms with van der Waals surface area (Å²) < 4.78 is 36.5. The predicted molar refractivity (Wildman–Crippen MR) is 162 cm³/mol. The normalized spacial score (nSPS) is 17.9. The zero-order valence-corrected chi connectivity index (χ0v) is 25.9. The Hall–Kier alpha value is -3.76. The lowest BCUT2D eigenvalue weighted by Crippen LogP contribution is -2.45. The van der Waals surface area contributed by atoms with Crippen LogP contribution in [-0.2, 0) is 16.1 Å². The van der Waals surface area contributed by atoms with E-state index in [4.69, 9.17) is 4.74 Å². The minimum atomic E-state index is -2.98. The zero-order valence-electron chi connectivity index (χ0n) is 25.9. The quantitative estimate of drug-likeness (QED) is 0.267. The number of likely N-dealkylation sites (tertiary alicyclic amines) is 1. The highest BCUT2D eigenvalue weighted by Crippen LogP contribution is 2.39. The summed E-state index contributed by atoms with van der Waals surface area (Å²) in [5, 5.41) is 2.90. The molecule has 1 aromatic carbocycles. The summed E-state index contributed by atoms with van der Waals surface area (Å²) in [6, 6.07) is 9.32. The van der Waals surface area contributed by atoms with Gasteiger partial charge in [0.15, 0.2) is 11.5 Å². The maximum Gasteiger partial charge on any atom is 0.387 e. The van der Waals surface area contributed by atoms with E-state index in [1.54, 1.807) is 30.3 Å². The number of unbranched alkanes of at least 4 members (excludes halogenated alkanes) is 2. The van der Waals surface area contributed by atoms with Gasteiger partial charge in [-0.25, -0.2) is 4.98 Å². The summed E-state index contributed by atoms with van der Waals surface area (Å²) in [5.74, 6) is -0.258. The first-order valence-corrected chi connectivity index (χ1v) is 15.7. The summed E-state index contributed by atoms with van der Waals surface area (Å²) in [6.45, 7) is 4.82. The van der Waals surface area contributed by atoms with Gasteiger partial charge in [-0.15, -0.1) is 0 Å². The van der Waals surface area contributed by atoms with Crippen molar-refractivity contribution in [3.8, 4) is 11.5 Å². The van der Waals surface area contributed by atoms with Crippen LogP contribution < -0.4 is 14.8 Å². The third kappa shape index (κ3) is 9.12. The Balaban J connectivity index is 1.42. The summed E-state index contributed by atoms with van der Waals surface area (Å²) in [4.78, 5) is 47.0. The maximum absolute atomic E-state index is 13.4. The SMILES string of the molecule is CCCCN(CCCC)C(=O)c1cccc(CNC(=O)[C@H]2CC(c3ccc(OC(F)F)c(OCC4CC4)c3)CN2C(C)=O)n1. The fraction of sp³-hybridized carbons (Fsp3) is 0.576. The monoisotopic (exact) mass is 614 g/mol. The molecule has 0 bridgehead atoms. The molecule has 3 amide bonds. The van der Waals surface area contributed by atoms with Gasteiger partial charge in [-0.05, 0) is 67.9 Å². The van der Waals surface area contributed by atoms with Crippen LogP contribution in [0, 0.1) is 5.92 Å². The number of benzene rings is 1. The van der Waals surface area contributed by atoms with E-state index in [2.05, 4.69) is 28.9 Å². The lowest BCUT2D eigenvalue weighted by atomic mass is 9.95. The molecule has 1 saturated heterocycles. The Kier molecular flexibility index (Phi) is 11.9. The molecule has 1 aliphatic carbocycles.